The smallest absolute Gasteiger partial charge is 0.260 e. The maximum absolute atomic E-state index is 12.6. The van der Waals surface area contributed by atoms with Crippen molar-refractivity contribution in [3.63, 3.8) is 0 Å². The number of furan rings is 1. The quantitative estimate of drug-likeness (QED) is 0.527. The molecular formula is C29H37N3O4. The van der Waals surface area contributed by atoms with Gasteiger partial charge in [-0.05, 0) is 92.7 Å². The van der Waals surface area contributed by atoms with E-state index in [1.165, 1.54) is 24.8 Å². The molecule has 2 amide bonds. The fourth-order valence-electron chi connectivity index (χ4n) is 7.97. The minimum absolute atomic E-state index is 0.0562. The number of hydrogen-bond acceptors (Lipinski definition) is 5. The summed E-state index contributed by atoms with van der Waals surface area (Å²) in [5.74, 6) is 2.96. The average Bonchev–Trinajstić information content (AvgIpc) is 3.39. The summed E-state index contributed by atoms with van der Waals surface area (Å²) in [6.45, 7) is 3.98. The van der Waals surface area contributed by atoms with Crippen molar-refractivity contribution in [2.75, 3.05) is 39.8 Å². The van der Waals surface area contributed by atoms with Gasteiger partial charge in [0.1, 0.15) is 11.5 Å². The molecule has 0 spiro atoms. The lowest BCUT2D eigenvalue weighted by molar-refractivity contribution is -0.143. The molecule has 2 heterocycles. The van der Waals surface area contributed by atoms with Gasteiger partial charge in [0.25, 0.3) is 5.91 Å². The van der Waals surface area contributed by atoms with E-state index in [4.69, 9.17) is 9.15 Å². The van der Waals surface area contributed by atoms with E-state index in [1.54, 1.807) is 6.26 Å². The molecule has 7 heteroatoms. The van der Waals surface area contributed by atoms with Gasteiger partial charge in [0, 0.05) is 31.7 Å². The zero-order chi connectivity index (χ0) is 24.8. The Labute approximate surface area is 213 Å². The van der Waals surface area contributed by atoms with E-state index >= 15 is 0 Å². The summed E-state index contributed by atoms with van der Waals surface area (Å²) in [6, 6.07) is 12.3. The van der Waals surface area contributed by atoms with E-state index < -0.39 is 0 Å². The second kappa shape index (κ2) is 9.25. The van der Waals surface area contributed by atoms with Gasteiger partial charge in [-0.3, -0.25) is 9.59 Å². The summed E-state index contributed by atoms with van der Waals surface area (Å²) in [5.41, 5.74) is 1.35. The lowest BCUT2D eigenvalue weighted by Crippen LogP contribution is -2.63. The highest BCUT2D eigenvalue weighted by Crippen LogP contribution is 2.63. The number of rotatable bonds is 8. The topological polar surface area (TPSA) is 66.2 Å². The molecule has 1 saturated heterocycles. The Kier molecular flexibility index (Phi) is 6.06. The van der Waals surface area contributed by atoms with Gasteiger partial charge in [-0.15, -0.1) is 0 Å². The van der Waals surface area contributed by atoms with Crippen molar-refractivity contribution < 1.29 is 18.7 Å². The minimum atomic E-state index is -0.0945. The van der Waals surface area contributed by atoms with Gasteiger partial charge in [-0.25, -0.2) is 0 Å². The van der Waals surface area contributed by atoms with Gasteiger partial charge in [0.2, 0.25) is 6.41 Å². The van der Waals surface area contributed by atoms with Crippen LogP contribution in [0.2, 0.25) is 0 Å². The summed E-state index contributed by atoms with van der Waals surface area (Å²) < 4.78 is 11.5. The van der Waals surface area contributed by atoms with Crippen LogP contribution in [-0.4, -0.2) is 72.4 Å². The fraction of sp³-hybridized carbons (Fsp3) is 0.586. The van der Waals surface area contributed by atoms with Crippen LogP contribution in [0.3, 0.4) is 0 Å². The summed E-state index contributed by atoms with van der Waals surface area (Å²) >= 11 is 0. The molecule has 0 N–H and O–H groups in total. The van der Waals surface area contributed by atoms with Gasteiger partial charge >= 0.3 is 0 Å². The third kappa shape index (κ3) is 4.32. The first-order valence-corrected chi connectivity index (χ1v) is 13.4. The molecule has 1 aromatic carbocycles. The van der Waals surface area contributed by atoms with Gasteiger partial charge in [-0.2, -0.15) is 0 Å². The second-order valence-electron chi connectivity index (χ2n) is 11.8. The van der Waals surface area contributed by atoms with Crippen LogP contribution in [0.1, 0.15) is 49.8 Å². The van der Waals surface area contributed by atoms with Crippen LogP contribution in [0, 0.1) is 11.8 Å². The van der Waals surface area contributed by atoms with Crippen LogP contribution in [0.15, 0.2) is 47.1 Å². The van der Waals surface area contributed by atoms with E-state index in [0.29, 0.717) is 18.4 Å². The lowest BCUT2D eigenvalue weighted by atomic mass is 9.45. The summed E-state index contributed by atoms with van der Waals surface area (Å²) in [5, 5.41) is 0. The molecule has 192 valence electrons. The van der Waals surface area contributed by atoms with Crippen LogP contribution in [0.4, 0.5) is 0 Å². The van der Waals surface area contributed by atoms with Crippen molar-refractivity contribution in [2.45, 2.75) is 56.0 Å². The van der Waals surface area contributed by atoms with E-state index in [-0.39, 0.29) is 23.5 Å². The lowest BCUT2D eigenvalue weighted by Gasteiger charge is -2.64. The molecule has 36 heavy (non-hydrogen) atoms. The largest absolute Gasteiger partial charge is 0.484 e. The Morgan fingerprint density at radius 1 is 1.08 bits per heavy atom. The van der Waals surface area contributed by atoms with Crippen LogP contribution in [0.25, 0.3) is 0 Å². The minimum Gasteiger partial charge on any atom is -0.484 e. The number of ether oxygens (including phenoxy) is 1. The number of hydrogen-bond donors (Lipinski definition) is 0. The van der Waals surface area contributed by atoms with Gasteiger partial charge < -0.3 is 23.9 Å². The number of amides is 2. The average molecular weight is 492 g/mol. The third-order valence-electron chi connectivity index (χ3n) is 9.36. The molecule has 4 bridgehead atoms. The van der Waals surface area contributed by atoms with Gasteiger partial charge in [0.05, 0.1) is 12.8 Å². The highest BCUT2D eigenvalue weighted by Gasteiger charge is 2.60. The SMILES string of the molecule is CN1CCN(C(=O)COc2ccc(C34CC5CC(C3)CC(N(C=O)Cc3ccco3)(C5)C4)cc2)CC1. The first-order valence-electron chi connectivity index (χ1n) is 13.4. The molecule has 2 aromatic rings. The first-order chi connectivity index (χ1) is 17.5. The molecule has 7 nitrogen and oxygen atoms in total. The Bertz CT molecular complexity index is 1060. The second-order valence-corrected chi connectivity index (χ2v) is 11.8. The highest BCUT2D eigenvalue weighted by molar-refractivity contribution is 5.77. The Balaban J connectivity index is 1.15. The van der Waals surface area contributed by atoms with Crippen LogP contribution in [-0.2, 0) is 21.5 Å². The zero-order valence-corrected chi connectivity index (χ0v) is 21.2. The van der Waals surface area contributed by atoms with Gasteiger partial charge in [-0.1, -0.05) is 12.1 Å². The normalized spacial score (nSPS) is 31.4. The third-order valence-corrected chi connectivity index (χ3v) is 9.36. The number of piperazine rings is 1. The molecular weight excluding hydrogens is 454 g/mol. The zero-order valence-electron chi connectivity index (χ0n) is 21.2. The van der Waals surface area contributed by atoms with Crippen LogP contribution < -0.4 is 4.74 Å². The number of likely N-dealkylation sites (N-methyl/N-ethyl adjacent to an activating group) is 1. The van der Waals surface area contributed by atoms with E-state index in [9.17, 15) is 9.59 Å². The van der Waals surface area contributed by atoms with Crippen LogP contribution in [0.5, 0.6) is 5.75 Å². The Hall–Kier alpha value is -2.80. The predicted molar refractivity (Wildman–Crippen MR) is 135 cm³/mol. The molecule has 0 radical (unpaired) electrons. The van der Waals surface area contributed by atoms with Crippen molar-refractivity contribution in [1.29, 1.82) is 0 Å². The Morgan fingerprint density at radius 3 is 2.44 bits per heavy atom. The molecule has 7 rings (SSSR count). The van der Waals surface area contributed by atoms with Crippen molar-refractivity contribution in [1.82, 2.24) is 14.7 Å². The maximum atomic E-state index is 12.6. The molecule has 1 aliphatic heterocycles. The molecule has 1 aromatic heterocycles. The van der Waals surface area contributed by atoms with Crippen molar-refractivity contribution in [3.05, 3.63) is 54.0 Å². The van der Waals surface area contributed by atoms with Crippen LogP contribution >= 0.6 is 0 Å². The molecule has 5 fully saturated rings. The van der Waals surface area contributed by atoms with Crippen molar-refractivity contribution >= 4 is 12.3 Å². The molecule has 5 aliphatic rings. The van der Waals surface area contributed by atoms with E-state index in [0.717, 1.165) is 63.4 Å². The molecule has 4 aliphatic carbocycles. The number of carbonyl (C=O) groups is 2. The summed E-state index contributed by atoms with van der Waals surface area (Å²) in [6.07, 6.45) is 9.61. The Morgan fingerprint density at radius 2 is 1.81 bits per heavy atom. The summed E-state index contributed by atoms with van der Waals surface area (Å²) in [7, 11) is 2.08. The number of benzene rings is 1. The molecule has 4 saturated carbocycles. The van der Waals surface area contributed by atoms with E-state index in [1.807, 2.05) is 34.1 Å². The number of nitrogens with zero attached hydrogens (tertiary/aromatic N) is 3. The van der Waals surface area contributed by atoms with Crippen molar-refractivity contribution in [2.24, 2.45) is 11.8 Å². The molecule has 2 atom stereocenters. The monoisotopic (exact) mass is 491 g/mol. The fourth-order valence-corrected chi connectivity index (χ4v) is 7.97. The summed E-state index contributed by atoms with van der Waals surface area (Å²) in [4.78, 5) is 31.1. The van der Waals surface area contributed by atoms with Gasteiger partial charge in [0.15, 0.2) is 6.61 Å². The highest BCUT2D eigenvalue weighted by atomic mass is 16.5. The standard InChI is InChI=1S/C29H37N3O4/c1-30-8-10-31(11-9-30)27(34)19-36-25-6-4-24(5-7-25)28-14-22-13-23(15-28)17-29(16-22,20-28)32(21-33)18-26-3-2-12-35-26/h2-7,12,21-23H,8-11,13-20H2,1H3. The maximum Gasteiger partial charge on any atom is 0.260 e. The van der Waals surface area contributed by atoms with E-state index in [2.05, 4.69) is 24.1 Å². The predicted octanol–water partition coefficient (Wildman–Crippen LogP) is 3.68. The molecule has 2 unspecified atom stereocenters. The first kappa shape index (κ1) is 23.6. The van der Waals surface area contributed by atoms with Crippen molar-refractivity contribution in [3.8, 4) is 5.75 Å². The number of carbonyl (C=O) groups excluding carboxylic acids is 2.